The zero-order valence-corrected chi connectivity index (χ0v) is 18.3. The average Bonchev–Trinajstić information content (AvgIpc) is 3.02. The first-order valence-electron chi connectivity index (χ1n) is 12.0. The smallest absolute Gasteiger partial charge is 0.305 e. The van der Waals surface area contributed by atoms with Crippen molar-refractivity contribution in [3.05, 3.63) is 23.8 Å². The SMILES string of the molecule is CCCCC(=O)OCC[C@H]1CC[C@H]2[C@@H]3CCC4=CCC=C[C@]4(C)[C@H]3CC[C@]12C. The minimum Gasteiger partial charge on any atom is -0.466 e. The second kappa shape index (κ2) is 8.00. The number of hydrogen-bond acceptors (Lipinski definition) is 2. The summed E-state index contributed by atoms with van der Waals surface area (Å²) in [6.07, 6.45) is 20.5. The van der Waals surface area contributed by atoms with Crippen molar-refractivity contribution in [1.82, 2.24) is 0 Å². The molecule has 0 unspecified atom stereocenters. The van der Waals surface area contributed by atoms with Crippen molar-refractivity contribution in [2.24, 2.45) is 34.5 Å². The maximum Gasteiger partial charge on any atom is 0.305 e. The lowest BCUT2D eigenvalue weighted by molar-refractivity contribution is -0.144. The van der Waals surface area contributed by atoms with Crippen LogP contribution in [-0.2, 0) is 9.53 Å². The second-order valence-electron chi connectivity index (χ2n) is 10.5. The number of hydrogen-bond donors (Lipinski definition) is 0. The molecule has 6 atom stereocenters. The van der Waals surface area contributed by atoms with Crippen LogP contribution in [0.4, 0.5) is 0 Å². The topological polar surface area (TPSA) is 26.3 Å². The van der Waals surface area contributed by atoms with E-state index in [0.29, 0.717) is 23.9 Å². The quantitative estimate of drug-likeness (QED) is 0.369. The highest BCUT2D eigenvalue weighted by molar-refractivity contribution is 5.69. The monoisotopic (exact) mass is 384 g/mol. The van der Waals surface area contributed by atoms with Crippen molar-refractivity contribution in [2.45, 2.75) is 91.4 Å². The van der Waals surface area contributed by atoms with Crippen molar-refractivity contribution in [2.75, 3.05) is 6.61 Å². The number of carbonyl (C=O) groups is 1. The van der Waals surface area contributed by atoms with Crippen LogP contribution >= 0.6 is 0 Å². The van der Waals surface area contributed by atoms with Gasteiger partial charge in [-0.15, -0.1) is 0 Å². The zero-order valence-electron chi connectivity index (χ0n) is 18.3. The van der Waals surface area contributed by atoms with Crippen LogP contribution in [0.15, 0.2) is 23.8 Å². The Balaban J connectivity index is 1.40. The van der Waals surface area contributed by atoms with Crippen LogP contribution in [0.3, 0.4) is 0 Å². The van der Waals surface area contributed by atoms with Crippen LogP contribution in [0.5, 0.6) is 0 Å². The molecule has 4 rings (SSSR count). The molecule has 4 aliphatic carbocycles. The first-order valence-corrected chi connectivity index (χ1v) is 12.0. The van der Waals surface area contributed by atoms with Gasteiger partial charge in [0.05, 0.1) is 6.61 Å². The Labute approximate surface area is 172 Å². The molecule has 0 aromatic heterocycles. The fraction of sp³-hybridized carbons (Fsp3) is 0.808. The molecule has 0 aromatic rings. The summed E-state index contributed by atoms with van der Waals surface area (Å²) < 4.78 is 5.57. The predicted molar refractivity (Wildman–Crippen MR) is 115 cm³/mol. The molecular formula is C26H40O2. The molecule has 0 spiro atoms. The van der Waals surface area contributed by atoms with Crippen LogP contribution in [0.25, 0.3) is 0 Å². The van der Waals surface area contributed by atoms with Crippen molar-refractivity contribution in [3.63, 3.8) is 0 Å². The van der Waals surface area contributed by atoms with E-state index in [2.05, 4.69) is 39.0 Å². The normalized spacial score (nSPS) is 41.6. The summed E-state index contributed by atoms with van der Waals surface area (Å²) in [6.45, 7) is 7.86. The molecule has 28 heavy (non-hydrogen) atoms. The molecule has 4 aliphatic rings. The molecule has 0 saturated heterocycles. The zero-order chi connectivity index (χ0) is 19.8. The fourth-order valence-corrected chi connectivity index (χ4v) is 7.63. The highest BCUT2D eigenvalue weighted by Crippen LogP contribution is 2.66. The summed E-state index contributed by atoms with van der Waals surface area (Å²) in [5, 5.41) is 0. The van der Waals surface area contributed by atoms with Crippen LogP contribution in [0.2, 0.25) is 0 Å². The van der Waals surface area contributed by atoms with E-state index >= 15 is 0 Å². The van der Waals surface area contributed by atoms with Gasteiger partial charge in [0.15, 0.2) is 0 Å². The number of rotatable bonds is 6. The molecule has 0 aromatic carbocycles. The van der Waals surface area contributed by atoms with Crippen molar-refractivity contribution in [3.8, 4) is 0 Å². The Hall–Kier alpha value is -1.05. The van der Waals surface area contributed by atoms with Gasteiger partial charge in [0.25, 0.3) is 0 Å². The average molecular weight is 385 g/mol. The number of allylic oxidation sites excluding steroid dienone is 4. The number of ether oxygens (including phenoxy) is 1. The first-order chi connectivity index (χ1) is 13.5. The van der Waals surface area contributed by atoms with E-state index in [4.69, 9.17) is 4.74 Å². The summed E-state index contributed by atoms with van der Waals surface area (Å²) in [7, 11) is 0. The van der Waals surface area contributed by atoms with Gasteiger partial charge in [0, 0.05) is 11.8 Å². The van der Waals surface area contributed by atoms with Crippen LogP contribution in [0.1, 0.15) is 91.4 Å². The van der Waals surface area contributed by atoms with Gasteiger partial charge >= 0.3 is 5.97 Å². The third-order valence-electron chi connectivity index (χ3n) is 9.27. The molecule has 2 nitrogen and oxygen atoms in total. The van der Waals surface area contributed by atoms with Crippen molar-refractivity contribution < 1.29 is 9.53 Å². The summed E-state index contributed by atoms with van der Waals surface area (Å²) in [5.41, 5.74) is 2.52. The lowest BCUT2D eigenvalue weighted by Crippen LogP contribution is -2.49. The molecule has 0 N–H and O–H groups in total. The van der Waals surface area contributed by atoms with Crippen molar-refractivity contribution >= 4 is 5.97 Å². The van der Waals surface area contributed by atoms with E-state index in [9.17, 15) is 4.79 Å². The van der Waals surface area contributed by atoms with Gasteiger partial charge in [0.2, 0.25) is 0 Å². The minimum atomic E-state index is 0.00821. The standard InChI is InChI=1S/C26H40O2/c1-4-5-9-24(27)28-18-15-20-11-13-22-21-12-10-19-8-6-7-16-25(19,2)23(21)14-17-26(20,22)3/h7-8,16,20-23H,4-6,9-15,17-18H2,1-3H3/t20-,21+,22+,23+,25+,26-/m1/s1. The van der Waals surface area contributed by atoms with E-state index in [-0.39, 0.29) is 5.97 Å². The Kier molecular flexibility index (Phi) is 5.78. The Morgan fingerprint density at radius 1 is 1.18 bits per heavy atom. The summed E-state index contributed by atoms with van der Waals surface area (Å²) in [5.74, 6) is 3.35. The summed E-state index contributed by atoms with van der Waals surface area (Å²) in [4.78, 5) is 11.9. The Bertz CT molecular complexity index is 647. The van der Waals surface area contributed by atoms with Gasteiger partial charge in [-0.05, 0) is 86.9 Å². The number of esters is 1. The molecule has 3 fully saturated rings. The van der Waals surface area contributed by atoms with Gasteiger partial charge in [-0.3, -0.25) is 4.79 Å². The molecule has 2 heteroatoms. The van der Waals surface area contributed by atoms with Crippen LogP contribution in [-0.4, -0.2) is 12.6 Å². The van der Waals surface area contributed by atoms with Gasteiger partial charge in [0.1, 0.15) is 0 Å². The van der Waals surface area contributed by atoms with E-state index in [1.807, 2.05) is 0 Å². The van der Waals surface area contributed by atoms with E-state index in [0.717, 1.165) is 49.4 Å². The Morgan fingerprint density at radius 3 is 2.86 bits per heavy atom. The second-order valence-corrected chi connectivity index (χ2v) is 10.5. The number of unbranched alkanes of at least 4 members (excludes halogenated alkanes) is 1. The highest BCUT2D eigenvalue weighted by Gasteiger charge is 2.57. The molecule has 156 valence electrons. The third-order valence-corrected chi connectivity index (χ3v) is 9.27. The molecule has 0 amide bonds. The van der Waals surface area contributed by atoms with E-state index < -0.39 is 0 Å². The first kappa shape index (κ1) is 20.2. The predicted octanol–water partition coefficient (Wildman–Crippen LogP) is 6.86. The number of carbonyl (C=O) groups excluding carboxylic acids is 1. The molecule has 0 bridgehead atoms. The largest absolute Gasteiger partial charge is 0.466 e. The van der Waals surface area contributed by atoms with Gasteiger partial charge in [-0.25, -0.2) is 0 Å². The van der Waals surface area contributed by atoms with Gasteiger partial charge < -0.3 is 4.74 Å². The fourth-order valence-electron chi connectivity index (χ4n) is 7.63. The van der Waals surface area contributed by atoms with Gasteiger partial charge in [-0.2, -0.15) is 0 Å². The molecule has 3 saturated carbocycles. The van der Waals surface area contributed by atoms with Gasteiger partial charge in [-0.1, -0.05) is 51.0 Å². The maximum absolute atomic E-state index is 11.9. The van der Waals surface area contributed by atoms with Crippen molar-refractivity contribution in [1.29, 1.82) is 0 Å². The van der Waals surface area contributed by atoms with Crippen LogP contribution < -0.4 is 0 Å². The number of fused-ring (bicyclic) bond motifs is 5. The van der Waals surface area contributed by atoms with E-state index in [1.54, 1.807) is 5.57 Å². The molecule has 0 heterocycles. The molecule has 0 radical (unpaired) electrons. The summed E-state index contributed by atoms with van der Waals surface area (Å²) in [6, 6.07) is 0. The maximum atomic E-state index is 11.9. The molecular weight excluding hydrogens is 344 g/mol. The summed E-state index contributed by atoms with van der Waals surface area (Å²) >= 11 is 0. The van der Waals surface area contributed by atoms with E-state index in [1.165, 1.54) is 38.5 Å². The third kappa shape index (κ3) is 3.39. The minimum absolute atomic E-state index is 0.00821. The van der Waals surface area contributed by atoms with Crippen LogP contribution in [0, 0.1) is 34.5 Å². The Morgan fingerprint density at radius 2 is 2.04 bits per heavy atom. The lowest BCUT2D eigenvalue weighted by atomic mass is 9.47. The molecule has 0 aliphatic heterocycles. The highest BCUT2D eigenvalue weighted by atomic mass is 16.5. The lowest BCUT2D eigenvalue weighted by Gasteiger charge is -2.57.